The molecule has 1 aromatic rings. The summed E-state index contributed by atoms with van der Waals surface area (Å²) >= 11 is 5.57. The van der Waals surface area contributed by atoms with Crippen molar-refractivity contribution in [2.45, 2.75) is 12.3 Å². The molecule has 0 saturated carbocycles. The molecule has 1 aromatic carbocycles. The minimum absolute atomic E-state index is 0.294. The first-order chi connectivity index (χ1) is 6.59. The van der Waals surface area contributed by atoms with Gasteiger partial charge in [0.15, 0.2) is 11.2 Å². The number of aryl methyl sites for hydroxylation is 1. The zero-order valence-corrected chi connectivity index (χ0v) is 8.17. The quantitative estimate of drug-likeness (QED) is 0.283. The second-order valence-corrected chi connectivity index (χ2v) is 3.58. The van der Waals surface area contributed by atoms with Crippen LogP contribution in [0.25, 0.3) is 0 Å². The third-order valence-corrected chi connectivity index (χ3v) is 2.42. The average Bonchev–Trinajstić information content (AvgIpc) is 2.16. The zero-order valence-electron chi connectivity index (χ0n) is 7.41. The maximum absolute atomic E-state index is 11.5. The number of hydrogen-bond donors (Lipinski definition) is 0. The first-order valence-corrected chi connectivity index (χ1v) is 4.54. The molecule has 0 aliphatic carbocycles. The average molecular weight is 211 g/mol. The number of ether oxygens (including phenoxy) is 1. The lowest BCUT2D eigenvalue weighted by Crippen LogP contribution is -2.34. The van der Waals surface area contributed by atoms with E-state index in [0.29, 0.717) is 11.3 Å². The Kier molecular flexibility index (Phi) is 2.04. The molecular weight excluding hydrogens is 204 g/mol. The minimum atomic E-state index is -1.20. The smallest absolute Gasteiger partial charge is 0.337 e. The molecule has 1 aliphatic rings. The molecule has 1 aliphatic heterocycles. The van der Waals surface area contributed by atoms with Gasteiger partial charge in [0.1, 0.15) is 5.75 Å². The standard InChI is InChI=1S/C10H7ClO3/c1-5-2-3-7-6(4-5)9(12)8(11)10(13)14-7/h2-4,8H,1H3. The van der Waals surface area contributed by atoms with E-state index in [1.807, 2.05) is 6.92 Å². The summed E-state index contributed by atoms with van der Waals surface area (Å²) in [6, 6.07) is 5.04. The third kappa shape index (κ3) is 1.30. The van der Waals surface area contributed by atoms with Gasteiger partial charge in [-0.25, -0.2) is 4.79 Å². The molecule has 1 heterocycles. The summed E-state index contributed by atoms with van der Waals surface area (Å²) < 4.78 is 4.88. The van der Waals surface area contributed by atoms with Crippen molar-refractivity contribution in [1.82, 2.24) is 0 Å². The molecule has 0 radical (unpaired) electrons. The van der Waals surface area contributed by atoms with Crippen LogP contribution in [0.4, 0.5) is 0 Å². The summed E-state index contributed by atoms with van der Waals surface area (Å²) in [5.74, 6) is -0.794. The molecule has 0 saturated heterocycles. The highest BCUT2D eigenvalue weighted by Gasteiger charge is 2.34. The van der Waals surface area contributed by atoms with Crippen LogP contribution in [-0.4, -0.2) is 17.1 Å². The number of esters is 1. The van der Waals surface area contributed by atoms with E-state index in [9.17, 15) is 9.59 Å². The Balaban J connectivity index is 2.57. The van der Waals surface area contributed by atoms with E-state index in [-0.39, 0.29) is 5.78 Å². The predicted octanol–water partition coefficient (Wildman–Crippen LogP) is 1.70. The van der Waals surface area contributed by atoms with E-state index in [1.165, 1.54) is 0 Å². The summed E-state index contributed by atoms with van der Waals surface area (Å²) in [6.07, 6.45) is 0. The Bertz CT molecular complexity index is 425. The van der Waals surface area contributed by atoms with E-state index in [1.54, 1.807) is 18.2 Å². The van der Waals surface area contributed by atoms with E-state index in [4.69, 9.17) is 16.3 Å². The Morgan fingerprint density at radius 3 is 2.79 bits per heavy atom. The maximum atomic E-state index is 11.5. The van der Waals surface area contributed by atoms with Gasteiger partial charge in [0.25, 0.3) is 0 Å². The normalized spacial score (nSPS) is 20.3. The molecule has 0 spiro atoms. The van der Waals surface area contributed by atoms with Crippen molar-refractivity contribution >= 4 is 23.4 Å². The van der Waals surface area contributed by atoms with Crippen molar-refractivity contribution < 1.29 is 14.3 Å². The maximum Gasteiger partial charge on any atom is 0.337 e. The van der Waals surface area contributed by atoms with Crippen LogP contribution in [-0.2, 0) is 4.79 Å². The summed E-state index contributed by atoms with van der Waals surface area (Å²) in [7, 11) is 0. The number of carbonyl (C=O) groups is 2. The van der Waals surface area contributed by atoms with E-state index in [0.717, 1.165) is 5.56 Å². The fraction of sp³-hybridized carbons (Fsp3) is 0.200. The second kappa shape index (κ2) is 3.10. The molecule has 14 heavy (non-hydrogen) atoms. The van der Waals surface area contributed by atoms with Crippen LogP contribution in [0, 0.1) is 6.92 Å². The van der Waals surface area contributed by atoms with Gasteiger partial charge >= 0.3 is 5.97 Å². The van der Waals surface area contributed by atoms with Crippen LogP contribution < -0.4 is 4.74 Å². The SMILES string of the molecule is Cc1ccc2c(c1)C(=O)C(Cl)C(=O)O2. The number of Topliss-reactive ketones (excluding diaryl/α,β-unsaturated/α-hetero) is 1. The lowest BCUT2D eigenvalue weighted by molar-refractivity contribution is -0.133. The number of rotatable bonds is 0. The topological polar surface area (TPSA) is 43.4 Å². The molecule has 0 N–H and O–H groups in total. The molecule has 1 unspecified atom stereocenters. The summed E-state index contributed by atoms with van der Waals surface area (Å²) in [5.41, 5.74) is 1.31. The number of ketones is 1. The van der Waals surface area contributed by atoms with Gasteiger partial charge in [-0.15, -0.1) is 11.6 Å². The van der Waals surface area contributed by atoms with Gasteiger partial charge in [0, 0.05) is 0 Å². The largest absolute Gasteiger partial charge is 0.424 e. The molecule has 0 fully saturated rings. The molecule has 0 aromatic heterocycles. The summed E-state index contributed by atoms with van der Waals surface area (Å²) in [4.78, 5) is 22.6. The molecule has 3 nitrogen and oxygen atoms in total. The van der Waals surface area contributed by atoms with Crippen molar-refractivity contribution in [2.75, 3.05) is 0 Å². The summed E-state index contributed by atoms with van der Waals surface area (Å²) in [6.45, 7) is 1.85. The van der Waals surface area contributed by atoms with Gasteiger partial charge < -0.3 is 4.74 Å². The third-order valence-electron chi connectivity index (χ3n) is 2.05. The lowest BCUT2D eigenvalue weighted by atomic mass is 10.0. The highest BCUT2D eigenvalue weighted by molar-refractivity contribution is 6.44. The van der Waals surface area contributed by atoms with Crippen LogP contribution in [0.15, 0.2) is 18.2 Å². The van der Waals surface area contributed by atoms with Crippen LogP contribution in [0.3, 0.4) is 0 Å². The van der Waals surface area contributed by atoms with E-state index in [2.05, 4.69) is 0 Å². The predicted molar refractivity (Wildman–Crippen MR) is 50.8 cm³/mol. The summed E-state index contributed by atoms with van der Waals surface area (Å²) in [5, 5.41) is -1.20. The molecule has 4 heteroatoms. The van der Waals surface area contributed by atoms with Gasteiger partial charge in [-0.1, -0.05) is 11.6 Å². The first-order valence-electron chi connectivity index (χ1n) is 4.10. The van der Waals surface area contributed by atoms with E-state index >= 15 is 0 Å². The van der Waals surface area contributed by atoms with Crippen LogP contribution in [0.2, 0.25) is 0 Å². The number of benzene rings is 1. The van der Waals surface area contributed by atoms with Crippen LogP contribution in [0.5, 0.6) is 5.75 Å². The van der Waals surface area contributed by atoms with Crippen molar-refractivity contribution in [1.29, 1.82) is 0 Å². The first kappa shape index (κ1) is 9.21. The van der Waals surface area contributed by atoms with Gasteiger partial charge in [-0.05, 0) is 19.1 Å². The van der Waals surface area contributed by atoms with E-state index < -0.39 is 11.3 Å². The van der Waals surface area contributed by atoms with Gasteiger partial charge in [-0.2, -0.15) is 0 Å². The fourth-order valence-electron chi connectivity index (χ4n) is 1.33. The Labute approximate surface area is 85.6 Å². The highest BCUT2D eigenvalue weighted by atomic mass is 35.5. The minimum Gasteiger partial charge on any atom is -0.424 e. The molecule has 72 valence electrons. The fourth-order valence-corrected chi connectivity index (χ4v) is 1.49. The van der Waals surface area contributed by atoms with Crippen LogP contribution >= 0.6 is 11.6 Å². The number of hydrogen-bond acceptors (Lipinski definition) is 3. The van der Waals surface area contributed by atoms with Gasteiger partial charge in [0.2, 0.25) is 0 Å². The molecule has 0 amide bonds. The Morgan fingerprint density at radius 2 is 2.07 bits per heavy atom. The number of fused-ring (bicyclic) bond motifs is 1. The Hall–Kier alpha value is -1.35. The molecular formula is C10H7ClO3. The number of halogens is 1. The highest BCUT2D eigenvalue weighted by Crippen LogP contribution is 2.28. The Morgan fingerprint density at radius 1 is 1.36 bits per heavy atom. The van der Waals surface area contributed by atoms with Gasteiger partial charge in [-0.3, -0.25) is 4.79 Å². The van der Waals surface area contributed by atoms with Crippen molar-refractivity contribution in [3.8, 4) is 5.75 Å². The number of alkyl halides is 1. The van der Waals surface area contributed by atoms with Crippen molar-refractivity contribution in [3.63, 3.8) is 0 Å². The molecule has 2 rings (SSSR count). The van der Waals surface area contributed by atoms with Gasteiger partial charge in [0.05, 0.1) is 5.56 Å². The van der Waals surface area contributed by atoms with Crippen molar-refractivity contribution in [3.05, 3.63) is 29.3 Å². The monoisotopic (exact) mass is 210 g/mol. The van der Waals surface area contributed by atoms with Crippen LogP contribution in [0.1, 0.15) is 15.9 Å². The zero-order chi connectivity index (χ0) is 10.3. The second-order valence-electron chi connectivity index (χ2n) is 3.15. The molecule has 1 atom stereocenters. The molecule has 0 bridgehead atoms. The number of carbonyl (C=O) groups excluding carboxylic acids is 2. The lowest BCUT2D eigenvalue weighted by Gasteiger charge is -2.18. The van der Waals surface area contributed by atoms with Crippen molar-refractivity contribution in [2.24, 2.45) is 0 Å².